The molecule has 0 aliphatic rings. The van der Waals surface area contributed by atoms with E-state index in [4.69, 9.17) is 23.2 Å². The zero-order chi connectivity index (χ0) is 13.7. The van der Waals surface area contributed by atoms with Gasteiger partial charge < -0.3 is 5.32 Å². The van der Waals surface area contributed by atoms with Gasteiger partial charge in [-0.15, -0.1) is 11.6 Å². The molecule has 0 aromatic heterocycles. The van der Waals surface area contributed by atoms with Crippen LogP contribution in [0.25, 0.3) is 0 Å². The van der Waals surface area contributed by atoms with Gasteiger partial charge in [0.05, 0.1) is 4.92 Å². The predicted molar refractivity (Wildman–Crippen MR) is 66.0 cm³/mol. The van der Waals surface area contributed by atoms with E-state index in [9.17, 15) is 19.7 Å². The Kier molecular flexibility index (Phi) is 4.87. The lowest BCUT2D eigenvalue weighted by Crippen LogP contribution is -2.35. The fourth-order valence-electron chi connectivity index (χ4n) is 1.08. The molecule has 2 N–H and O–H groups in total. The van der Waals surface area contributed by atoms with Gasteiger partial charge in [-0.1, -0.05) is 11.6 Å². The van der Waals surface area contributed by atoms with E-state index < -0.39 is 22.7 Å². The van der Waals surface area contributed by atoms with E-state index in [0.717, 1.165) is 6.07 Å². The van der Waals surface area contributed by atoms with Crippen LogP contribution in [-0.2, 0) is 4.79 Å². The summed E-state index contributed by atoms with van der Waals surface area (Å²) in [6.07, 6.45) is 0. The minimum Gasteiger partial charge on any atom is -0.302 e. The van der Waals surface area contributed by atoms with Crippen molar-refractivity contribution in [3.63, 3.8) is 0 Å². The zero-order valence-electron chi connectivity index (χ0n) is 8.78. The molecule has 0 radical (unpaired) electrons. The molecule has 18 heavy (non-hydrogen) atoms. The van der Waals surface area contributed by atoms with Gasteiger partial charge in [0.1, 0.15) is 11.6 Å². The molecule has 0 unspecified atom stereocenters. The number of amides is 3. The van der Waals surface area contributed by atoms with E-state index >= 15 is 0 Å². The molecule has 96 valence electrons. The molecule has 0 bridgehead atoms. The Morgan fingerprint density at radius 1 is 1.39 bits per heavy atom. The smallest absolute Gasteiger partial charge is 0.302 e. The molecule has 1 aromatic rings. The van der Waals surface area contributed by atoms with Crippen molar-refractivity contribution >= 4 is 46.5 Å². The lowest BCUT2D eigenvalue weighted by molar-refractivity contribution is -0.383. The van der Waals surface area contributed by atoms with E-state index in [1.165, 1.54) is 12.1 Å². The standard InChI is InChI=1S/C9H7Cl2N3O4/c10-4-8(15)13-9(16)12-6-3-5(11)1-2-7(6)14(17)18/h1-3H,4H2,(H2,12,13,15,16). The Morgan fingerprint density at radius 3 is 2.61 bits per heavy atom. The number of benzene rings is 1. The third-order valence-electron chi connectivity index (χ3n) is 1.78. The van der Waals surface area contributed by atoms with Gasteiger partial charge in [0, 0.05) is 11.1 Å². The van der Waals surface area contributed by atoms with Gasteiger partial charge in [-0.25, -0.2) is 4.79 Å². The fraction of sp³-hybridized carbons (Fsp3) is 0.111. The lowest BCUT2D eigenvalue weighted by Gasteiger charge is -2.06. The van der Waals surface area contributed by atoms with Crippen LogP contribution in [-0.4, -0.2) is 22.7 Å². The Hall–Kier alpha value is -1.86. The molecule has 0 saturated heterocycles. The number of hydrogen-bond acceptors (Lipinski definition) is 4. The van der Waals surface area contributed by atoms with Crippen LogP contribution in [0.5, 0.6) is 0 Å². The van der Waals surface area contributed by atoms with E-state index in [-0.39, 0.29) is 16.4 Å². The largest absolute Gasteiger partial charge is 0.326 e. The quantitative estimate of drug-likeness (QED) is 0.506. The van der Waals surface area contributed by atoms with Crippen LogP contribution in [0.15, 0.2) is 18.2 Å². The molecule has 0 heterocycles. The highest BCUT2D eigenvalue weighted by molar-refractivity contribution is 6.31. The maximum atomic E-state index is 11.3. The first-order valence-corrected chi connectivity index (χ1v) is 5.46. The van der Waals surface area contributed by atoms with Crippen molar-refractivity contribution in [3.05, 3.63) is 33.3 Å². The van der Waals surface area contributed by atoms with Gasteiger partial charge in [-0.05, 0) is 12.1 Å². The number of carbonyl (C=O) groups excluding carboxylic acids is 2. The van der Waals surface area contributed by atoms with E-state index in [0.29, 0.717) is 0 Å². The summed E-state index contributed by atoms with van der Waals surface area (Å²) < 4.78 is 0. The molecule has 0 spiro atoms. The number of rotatable bonds is 3. The van der Waals surface area contributed by atoms with Crippen LogP contribution >= 0.6 is 23.2 Å². The monoisotopic (exact) mass is 291 g/mol. The Bertz CT molecular complexity index is 507. The van der Waals surface area contributed by atoms with Gasteiger partial charge in [0.25, 0.3) is 5.69 Å². The number of nitrogens with zero attached hydrogens (tertiary/aromatic N) is 1. The van der Waals surface area contributed by atoms with Crippen LogP contribution in [0, 0.1) is 10.1 Å². The Morgan fingerprint density at radius 2 is 2.06 bits per heavy atom. The second-order valence-electron chi connectivity index (χ2n) is 3.05. The molecule has 1 aromatic carbocycles. The number of urea groups is 1. The fourth-order valence-corrected chi connectivity index (χ4v) is 1.32. The summed E-state index contributed by atoms with van der Waals surface area (Å²) in [5.74, 6) is -1.12. The maximum Gasteiger partial charge on any atom is 0.326 e. The number of carbonyl (C=O) groups is 2. The van der Waals surface area contributed by atoms with Crippen LogP contribution in [0.4, 0.5) is 16.2 Å². The van der Waals surface area contributed by atoms with E-state index in [1.54, 1.807) is 0 Å². The van der Waals surface area contributed by atoms with Crippen LogP contribution in [0.3, 0.4) is 0 Å². The second-order valence-corrected chi connectivity index (χ2v) is 3.76. The maximum absolute atomic E-state index is 11.3. The molecule has 0 aliphatic carbocycles. The molecule has 1 rings (SSSR count). The van der Waals surface area contributed by atoms with Crippen molar-refractivity contribution in [1.82, 2.24) is 5.32 Å². The molecule has 0 fully saturated rings. The number of hydrogen-bond donors (Lipinski definition) is 2. The summed E-state index contributed by atoms with van der Waals surface area (Å²) in [7, 11) is 0. The number of imide groups is 1. The average molecular weight is 292 g/mol. The Labute approximate surface area is 111 Å². The SMILES string of the molecule is O=C(CCl)NC(=O)Nc1cc(Cl)ccc1[N+](=O)[O-]. The number of anilines is 1. The van der Waals surface area contributed by atoms with E-state index in [1.807, 2.05) is 5.32 Å². The van der Waals surface area contributed by atoms with E-state index in [2.05, 4.69) is 5.32 Å². The molecule has 0 atom stereocenters. The van der Waals surface area contributed by atoms with Gasteiger partial charge in [-0.2, -0.15) is 0 Å². The van der Waals surface area contributed by atoms with Crippen molar-refractivity contribution in [2.45, 2.75) is 0 Å². The number of nitro benzene ring substituents is 1. The molecule has 7 nitrogen and oxygen atoms in total. The van der Waals surface area contributed by atoms with Crippen molar-refractivity contribution in [2.75, 3.05) is 11.2 Å². The molecule has 0 aliphatic heterocycles. The second kappa shape index (κ2) is 6.18. The normalized spacial score (nSPS) is 9.67. The third-order valence-corrected chi connectivity index (χ3v) is 2.26. The van der Waals surface area contributed by atoms with Gasteiger partial charge in [0.15, 0.2) is 0 Å². The van der Waals surface area contributed by atoms with Gasteiger partial charge >= 0.3 is 6.03 Å². The third kappa shape index (κ3) is 3.86. The first kappa shape index (κ1) is 14.2. The highest BCUT2D eigenvalue weighted by Crippen LogP contribution is 2.27. The van der Waals surface area contributed by atoms with Crippen LogP contribution in [0.2, 0.25) is 5.02 Å². The summed E-state index contributed by atoms with van der Waals surface area (Å²) in [6.45, 7) is 0. The minimum absolute atomic E-state index is 0.118. The highest BCUT2D eigenvalue weighted by Gasteiger charge is 2.16. The summed E-state index contributed by atoms with van der Waals surface area (Å²) in [6, 6.07) is 2.73. The van der Waals surface area contributed by atoms with Crippen molar-refractivity contribution in [2.24, 2.45) is 0 Å². The number of nitro groups is 1. The molecular weight excluding hydrogens is 285 g/mol. The topological polar surface area (TPSA) is 101 Å². The van der Waals surface area contributed by atoms with Crippen molar-refractivity contribution < 1.29 is 14.5 Å². The molecule has 3 amide bonds. The summed E-state index contributed by atoms with van der Waals surface area (Å²) in [5, 5.41) is 14.9. The minimum atomic E-state index is -0.925. The van der Waals surface area contributed by atoms with Crippen molar-refractivity contribution in [1.29, 1.82) is 0 Å². The van der Waals surface area contributed by atoms with Crippen LogP contribution in [0.1, 0.15) is 0 Å². The predicted octanol–water partition coefficient (Wildman–Crippen LogP) is 2.14. The van der Waals surface area contributed by atoms with Gasteiger partial charge in [0.2, 0.25) is 5.91 Å². The molecule has 9 heteroatoms. The first-order chi connectivity index (χ1) is 8.43. The summed E-state index contributed by atoms with van der Waals surface area (Å²) in [5.41, 5.74) is -0.458. The molecular formula is C9H7Cl2N3O4. The number of nitrogens with one attached hydrogen (secondary N) is 2. The Balaban J connectivity index is 2.89. The van der Waals surface area contributed by atoms with Gasteiger partial charge in [-0.3, -0.25) is 20.2 Å². The zero-order valence-corrected chi connectivity index (χ0v) is 10.3. The highest BCUT2D eigenvalue weighted by atomic mass is 35.5. The number of halogens is 2. The number of alkyl halides is 1. The van der Waals surface area contributed by atoms with Crippen molar-refractivity contribution in [3.8, 4) is 0 Å². The van der Waals surface area contributed by atoms with Crippen LogP contribution < -0.4 is 10.6 Å². The summed E-state index contributed by atoms with van der Waals surface area (Å²) in [4.78, 5) is 32.1. The lowest BCUT2D eigenvalue weighted by atomic mass is 10.2. The first-order valence-electron chi connectivity index (χ1n) is 4.54. The summed E-state index contributed by atoms with van der Waals surface area (Å²) >= 11 is 10.8. The average Bonchev–Trinajstić information content (AvgIpc) is 2.28. The molecule has 0 saturated carbocycles.